The third-order valence-electron chi connectivity index (χ3n) is 6.58. The van der Waals surface area contributed by atoms with Gasteiger partial charge in [-0.1, -0.05) is 18.2 Å². The Morgan fingerprint density at radius 3 is 2.57 bits per heavy atom. The molecule has 1 aromatic heterocycles. The van der Waals surface area contributed by atoms with E-state index in [9.17, 15) is 14.9 Å². The lowest BCUT2D eigenvalue weighted by Crippen LogP contribution is -2.29. The van der Waals surface area contributed by atoms with Gasteiger partial charge in [-0.25, -0.2) is 4.98 Å². The molecule has 1 aliphatic rings. The molecule has 0 spiro atoms. The van der Waals surface area contributed by atoms with Gasteiger partial charge in [-0.3, -0.25) is 9.59 Å². The molecule has 4 rings (SSSR count). The van der Waals surface area contributed by atoms with E-state index in [2.05, 4.69) is 32.3 Å². The summed E-state index contributed by atoms with van der Waals surface area (Å²) in [5, 5.41) is 21.9. The fourth-order valence-corrected chi connectivity index (χ4v) is 4.19. The average molecular weight is 497 g/mol. The minimum absolute atomic E-state index is 0.288. The summed E-state index contributed by atoms with van der Waals surface area (Å²) >= 11 is 0. The number of benzene rings is 2. The molecule has 0 aliphatic carbocycles. The second-order valence-corrected chi connectivity index (χ2v) is 9.86. The smallest absolute Gasteiger partial charge is 0.256 e. The minimum Gasteiger partial charge on any atom is -0.369 e. The van der Waals surface area contributed by atoms with Crippen LogP contribution in [0.1, 0.15) is 58.5 Å². The maximum Gasteiger partial charge on any atom is 0.256 e. The van der Waals surface area contributed by atoms with E-state index in [1.165, 1.54) is 6.42 Å². The molecule has 0 saturated carbocycles. The van der Waals surface area contributed by atoms with Crippen molar-refractivity contribution in [3.63, 3.8) is 0 Å². The first-order chi connectivity index (χ1) is 17.7. The van der Waals surface area contributed by atoms with Crippen LogP contribution >= 0.6 is 0 Å². The number of anilines is 3. The number of hydrogen-bond acceptors (Lipinski definition) is 6. The van der Waals surface area contributed by atoms with Gasteiger partial charge in [0.25, 0.3) is 11.8 Å². The molecule has 4 N–H and O–H groups in total. The Hall–Kier alpha value is -4.22. The zero-order valence-corrected chi connectivity index (χ0v) is 21.4. The number of hydrogen-bond donors (Lipinski definition) is 4. The summed E-state index contributed by atoms with van der Waals surface area (Å²) in [6, 6.07) is 18.6. The van der Waals surface area contributed by atoms with E-state index in [0.29, 0.717) is 28.5 Å². The molecule has 0 bridgehead atoms. The van der Waals surface area contributed by atoms with Crippen molar-refractivity contribution in [2.24, 2.45) is 0 Å². The molecule has 8 heteroatoms. The van der Waals surface area contributed by atoms with E-state index in [-0.39, 0.29) is 11.8 Å². The van der Waals surface area contributed by atoms with E-state index in [1.54, 1.807) is 42.6 Å². The minimum atomic E-state index is -0.707. The van der Waals surface area contributed by atoms with Crippen LogP contribution < -0.4 is 21.3 Å². The number of amides is 2. The number of aromatic nitrogens is 1. The van der Waals surface area contributed by atoms with Crippen LogP contribution in [0.3, 0.4) is 0 Å². The fourth-order valence-electron chi connectivity index (χ4n) is 4.19. The Balaban J connectivity index is 1.40. The molecule has 1 unspecified atom stereocenters. The lowest BCUT2D eigenvalue weighted by atomic mass is 9.85. The summed E-state index contributed by atoms with van der Waals surface area (Å²) in [6.07, 6.45) is 3.98. The van der Waals surface area contributed by atoms with E-state index in [1.807, 2.05) is 39.0 Å². The van der Waals surface area contributed by atoms with E-state index < -0.39 is 5.41 Å². The Morgan fingerprint density at radius 1 is 1.08 bits per heavy atom. The SMILES string of the molecule is Cc1ccc(NC(=O)c2cccc(C(C)(C)C#N)c2)cc1C(=O)Nc1ccc(NCC2CCCN2)nc1. The summed E-state index contributed by atoms with van der Waals surface area (Å²) in [5.41, 5.74) is 2.81. The Labute approximate surface area is 217 Å². The Morgan fingerprint density at radius 2 is 1.86 bits per heavy atom. The maximum atomic E-state index is 13.0. The highest BCUT2D eigenvalue weighted by Gasteiger charge is 2.21. The number of carbonyl (C=O) groups excluding carboxylic acids is 2. The number of pyridine rings is 1. The Bertz CT molecular complexity index is 1320. The number of rotatable bonds is 8. The van der Waals surface area contributed by atoms with Crippen molar-refractivity contribution in [3.05, 3.63) is 83.0 Å². The molecule has 1 atom stereocenters. The van der Waals surface area contributed by atoms with Crippen LogP contribution in [-0.4, -0.2) is 35.9 Å². The van der Waals surface area contributed by atoms with Crippen molar-refractivity contribution >= 4 is 29.0 Å². The standard InChI is InChI=1S/C29H32N6O2/c1-19-9-10-22(34-27(36)20-6-4-7-21(14-20)29(2,3)18-30)15-25(19)28(37)35-24-11-12-26(33-17-24)32-16-23-8-5-13-31-23/h4,6-7,9-12,14-15,17,23,31H,5,8,13,16H2,1-3H3,(H,32,33)(H,34,36)(H,35,37). The van der Waals surface area contributed by atoms with Gasteiger partial charge in [-0.2, -0.15) is 5.26 Å². The van der Waals surface area contributed by atoms with Gasteiger partial charge < -0.3 is 21.3 Å². The molecule has 37 heavy (non-hydrogen) atoms. The van der Waals surface area contributed by atoms with Crippen molar-refractivity contribution in [2.45, 2.75) is 45.1 Å². The second kappa shape index (κ2) is 11.2. The Kier molecular flexibility index (Phi) is 7.85. The highest BCUT2D eigenvalue weighted by molar-refractivity contribution is 6.08. The fraction of sp³-hybridized carbons (Fsp3) is 0.310. The molecule has 190 valence electrons. The van der Waals surface area contributed by atoms with Crippen molar-refractivity contribution in [1.82, 2.24) is 10.3 Å². The summed E-state index contributed by atoms with van der Waals surface area (Å²) in [7, 11) is 0. The first kappa shape index (κ1) is 25.9. The number of carbonyl (C=O) groups is 2. The number of nitrogens with one attached hydrogen (secondary N) is 4. The van der Waals surface area contributed by atoms with Gasteiger partial charge in [0.2, 0.25) is 0 Å². The molecule has 0 radical (unpaired) electrons. The molecule has 2 amide bonds. The van der Waals surface area contributed by atoms with Gasteiger partial charge >= 0.3 is 0 Å². The first-order valence-corrected chi connectivity index (χ1v) is 12.4. The molecule has 1 fully saturated rings. The third kappa shape index (κ3) is 6.51. The van der Waals surface area contributed by atoms with E-state index in [4.69, 9.17) is 0 Å². The highest BCUT2D eigenvalue weighted by Crippen LogP contribution is 2.24. The molecule has 2 heterocycles. The van der Waals surface area contributed by atoms with Crippen LogP contribution in [0.2, 0.25) is 0 Å². The summed E-state index contributed by atoms with van der Waals surface area (Å²) < 4.78 is 0. The molecular formula is C29H32N6O2. The van der Waals surface area contributed by atoms with Gasteiger partial charge in [-0.15, -0.1) is 0 Å². The summed E-state index contributed by atoms with van der Waals surface area (Å²) in [5.74, 6) is 0.157. The second-order valence-electron chi connectivity index (χ2n) is 9.86. The molecule has 2 aromatic carbocycles. The van der Waals surface area contributed by atoms with Crippen LogP contribution in [0.15, 0.2) is 60.8 Å². The van der Waals surface area contributed by atoms with Crippen LogP contribution in [0.5, 0.6) is 0 Å². The topological polar surface area (TPSA) is 119 Å². The van der Waals surface area contributed by atoms with Gasteiger partial charge in [0, 0.05) is 29.4 Å². The van der Waals surface area contributed by atoms with Crippen LogP contribution in [0.4, 0.5) is 17.2 Å². The lowest BCUT2D eigenvalue weighted by Gasteiger charge is -2.16. The van der Waals surface area contributed by atoms with Crippen LogP contribution in [-0.2, 0) is 5.41 Å². The maximum absolute atomic E-state index is 13.0. The van der Waals surface area contributed by atoms with Crippen molar-refractivity contribution in [2.75, 3.05) is 29.0 Å². The van der Waals surface area contributed by atoms with Gasteiger partial charge in [-0.05, 0) is 87.7 Å². The molecular weight excluding hydrogens is 464 g/mol. The van der Waals surface area contributed by atoms with Gasteiger partial charge in [0.05, 0.1) is 23.4 Å². The monoisotopic (exact) mass is 496 g/mol. The van der Waals surface area contributed by atoms with Crippen LogP contribution in [0, 0.1) is 18.3 Å². The molecule has 1 aliphatic heterocycles. The summed E-state index contributed by atoms with van der Waals surface area (Å²) in [4.78, 5) is 30.3. The molecule has 8 nitrogen and oxygen atoms in total. The van der Waals surface area contributed by atoms with E-state index in [0.717, 1.165) is 36.5 Å². The predicted octanol–water partition coefficient (Wildman–Crippen LogP) is 4.86. The normalized spacial score (nSPS) is 15.0. The average Bonchev–Trinajstić information content (AvgIpc) is 3.43. The first-order valence-electron chi connectivity index (χ1n) is 12.4. The van der Waals surface area contributed by atoms with Crippen molar-refractivity contribution in [1.29, 1.82) is 5.26 Å². The highest BCUT2D eigenvalue weighted by atomic mass is 16.2. The zero-order chi connectivity index (χ0) is 26.4. The van der Waals surface area contributed by atoms with Crippen molar-refractivity contribution in [3.8, 4) is 6.07 Å². The molecule has 3 aromatic rings. The largest absolute Gasteiger partial charge is 0.369 e. The summed E-state index contributed by atoms with van der Waals surface area (Å²) in [6.45, 7) is 7.33. The van der Waals surface area contributed by atoms with Crippen molar-refractivity contribution < 1.29 is 9.59 Å². The van der Waals surface area contributed by atoms with Crippen LogP contribution in [0.25, 0.3) is 0 Å². The van der Waals surface area contributed by atoms with E-state index >= 15 is 0 Å². The number of aryl methyl sites for hydroxylation is 1. The quantitative estimate of drug-likeness (QED) is 0.354. The van der Waals surface area contributed by atoms with Gasteiger partial charge in [0.15, 0.2) is 0 Å². The predicted molar refractivity (Wildman–Crippen MR) is 146 cm³/mol. The lowest BCUT2D eigenvalue weighted by molar-refractivity contribution is 0.101. The third-order valence-corrected chi connectivity index (χ3v) is 6.58. The number of nitrogens with zero attached hydrogens (tertiary/aromatic N) is 2. The van der Waals surface area contributed by atoms with Gasteiger partial charge in [0.1, 0.15) is 5.82 Å². The zero-order valence-electron chi connectivity index (χ0n) is 21.4. The molecule has 1 saturated heterocycles. The number of nitriles is 1.